The van der Waals surface area contributed by atoms with Gasteiger partial charge in [0.25, 0.3) is 0 Å². The summed E-state index contributed by atoms with van der Waals surface area (Å²) in [6.07, 6.45) is 4.35. The summed E-state index contributed by atoms with van der Waals surface area (Å²) in [7, 11) is -0.860. The maximum Gasteiger partial charge on any atom is 0.226 e. The highest BCUT2D eigenvalue weighted by Gasteiger charge is 2.38. The van der Waals surface area contributed by atoms with E-state index in [2.05, 4.69) is 17.6 Å². The van der Waals surface area contributed by atoms with Crippen LogP contribution in [0.5, 0.6) is 0 Å². The Bertz CT molecular complexity index is 288. The van der Waals surface area contributed by atoms with Crippen LogP contribution in [0.1, 0.15) is 33.1 Å². The smallest absolute Gasteiger partial charge is 0.226 e. The highest BCUT2D eigenvalue weighted by molar-refractivity contribution is 7.84. The Hall–Kier alpha value is -0.420. The van der Waals surface area contributed by atoms with Crippen LogP contribution in [-0.4, -0.2) is 41.3 Å². The maximum absolute atomic E-state index is 12.3. The third kappa shape index (κ3) is 4.07. The van der Waals surface area contributed by atoms with Crippen LogP contribution in [0.2, 0.25) is 0 Å². The molecular formula is C12H24N2O2S. The van der Waals surface area contributed by atoms with Gasteiger partial charge >= 0.3 is 0 Å². The zero-order valence-corrected chi connectivity index (χ0v) is 11.9. The molecule has 0 aromatic rings. The van der Waals surface area contributed by atoms with Gasteiger partial charge in [-0.3, -0.25) is 9.00 Å². The van der Waals surface area contributed by atoms with E-state index in [1.165, 1.54) is 0 Å². The fourth-order valence-electron chi connectivity index (χ4n) is 2.42. The van der Waals surface area contributed by atoms with Gasteiger partial charge in [-0.05, 0) is 39.3 Å². The lowest BCUT2D eigenvalue weighted by atomic mass is 9.75. The summed E-state index contributed by atoms with van der Waals surface area (Å²) >= 11 is 0. The van der Waals surface area contributed by atoms with Crippen molar-refractivity contribution in [2.75, 3.05) is 25.1 Å². The van der Waals surface area contributed by atoms with Crippen molar-refractivity contribution in [2.45, 2.75) is 39.2 Å². The number of piperidine rings is 1. The van der Waals surface area contributed by atoms with E-state index >= 15 is 0 Å². The first-order valence-electron chi connectivity index (χ1n) is 6.32. The van der Waals surface area contributed by atoms with E-state index in [-0.39, 0.29) is 17.4 Å². The Morgan fingerprint density at radius 3 is 2.53 bits per heavy atom. The average Bonchev–Trinajstić information content (AvgIpc) is 2.28. The Kier molecular flexibility index (Phi) is 5.59. The van der Waals surface area contributed by atoms with Gasteiger partial charge in [-0.1, -0.05) is 6.92 Å². The molecule has 0 spiro atoms. The van der Waals surface area contributed by atoms with E-state index in [9.17, 15) is 9.00 Å². The zero-order chi connectivity index (χ0) is 12.9. The van der Waals surface area contributed by atoms with Gasteiger partial charge in [-0.25, -0.2) is 0 Å². The Morgan fingerprint density at radius 2 is 2.06 bits per heavy atom. The minimum atomic E-state index is -0.860. The number of hydrogen-bond donors (Lipinski definition) is 2. The molecule has 1 aliphatic rings. The van der Waals surface area contributed by atoms with E-state index in [0.29, 0.717) is 5.75 Å². The molecule has 0 saturated carbocycles. The van der Waals surface area contributed by atoms with Gasteiger partial charge in [0.1, 0.15) is 0 Å². The molecule has 1 heterocycles. The summed E-state index contributed by atoms with van der Waals surface area (Å²) in [6, 6.07) is -0.00774. The predicted octanol–water partition coefficient (Wildman–Crippen LogP) is 0.649. The quantitative estimate of drug-likeness (QED) is 0.763. The minimum absolute atomic E-state index is 0.00774. The molecule has 0 aliphatic carbocycles. The summed E-state index contributed by atoms with van der Waals surface area (Å²) in [5, 5.41) is 6.30. The first-order valence-corrected chi connectivity index (χ1v) is 8.04. The van der Waals surface area contributed by atoms with Crippen LogP contribution < -0.4 is 10.6 Å². The average molecular weight is 260 g/mol. The van der Waals surface area contributed by atoms with E-state index < -0.39 is 10.8 Å². The Balaban J connectivity index is 2.57. The van der Waals surface area contributed by atoms with Gasteiger partial charge in [-0.2, -0.15) is 0 Å². The summed E-state index contributed by atoms with van der Waals surface area (Å²) in [5.74, 6) is 0.670. The van der Waals surface area contributed by atoms with Crippen molar-refractivity contribution >= 4 is 16.7 Å². The summed E-state index contributed by atoms with van der Waals surface area (Å²) < 4.78 is 11.1. The number of rotatable bonds is 5. The molecule has 1 rings (SSSR count). The minimum Gasteiger partial charge on any atom is -0.352 e. The van der Waals surface area contributed by atoms with Crippen LogP contribution in [0.4, 0.5) is 0 Å². The molecule has 1 saturated heterocycles. The van der Waals surface area contributed by atoms with Gasteiger partial charge < -0.3 is 10.6 Å². The molecule has 2 N–H and O–H groups in total. The monoisotopic (exact) mass is 260 g/mol. The van der Waals surface area contributed by atoms with Gasteiger partial charge in [0.2, 0.25) is 5.91 Å². The lowest BCUT2D eigenvalue weighted by Gasteiger charge is -2.36. The second-order valence-corrected chi connectivity index (χ2v) is 6.48. The molecule has 1 aliphatic heterocycles. The lowest BCUT2D eigenvalue weighted by molar-refractivity contribution is -0.133. The van der Waals surface area contributed by atoms with Crippen LogP contribution in [0.25, 0.3) is 0 Å². The molecular weight excluding hydrogens is 236 g/mol. The van der Waals surface area contributed by atoms with E-state index in [4.69, 9.17) is 0 Å². The van der Waals surface area contributed by atoms with Gasteiger partial charge in [-0.15, -0.1) is 0 Å². The van der Waals surface area contributed by atoms with Crippen molar-refractivity contribution in [1.29, 1.82) is 0 Å². The fourth-order valence-corrected chi connectivity index (χ4v) is 3.20. The number of carbonyl (C=O) groups is 1. The standard InChI is InChI=1S/C12H24N2O2S/c1-4-12(5-7-13-8-6-12)11(15)14-10(2)9-17(3)16/h10,13H,4-9H2,1-3H3,(H,14,15). The number of carbonyl (C=O) groups excluding carboxylic acids is 1. The van der Waals surface area contributed by atoms with E-state index in [1.54, 1.807) is 6.26 Å². The van der Waals surface area contributed by atoms with Crippen LogP contribution >= 0.6 is 0 Å². The maximum atomic E-state index is 12.3. The number of amides is 1. The Labute approximate surface area is 106 Å². The molecule has 4 nitrogen and oxygen atoms in total. The van der Waals surface area contributed by atoms with Crippen molar-refractivity contribution in [3.8, 4) is 0 Å². The SMILES string of the molecule is CCC1(C(=O)NC(C)CS(C)=O)CCNCC1. The van der Waals surface area contributed by atoms with Crippen molar-refractivity contribution < 1.29 is 9.00 Å². The van der Waals surface area contributed by atoms with Crippen LogP contribution in [0, 0.1) is 5.41 Å². The molecule has 5 heteroatoms. The molecule has 2 unspecified atom stereocenters. The largest absolute Gasteiger partial charge is 0.352 e. The third-order valence-corrected chi connectivity index (χ3v) is 4.55. The molecule has 100 valence electrons. The van der Waals surface area contributed by atoms with Crippen molar-refractivity contribution in [3.63, 3.8) is 0 Å². The molecule has 2 atom stereocenters. The first kappa shape index (κ1) is 14.6. The van der Waals surface area contributed by atoms with Crippen molar-refractivity contribution in [2.24, 2.45) is 5.41 Å². The van der Waals surface area contributed by atoms with Gasteiger partial charge in [0, 0.05) is 28.9 Å². The molecule has 1 amide bonds. The van der Waals surface area contributed by atoms with E-state index in [1.807, 2.05) is 6.92 Å². The predicted molar refractivity (Wildman–Crippen MR) is 71.4 cm³/mol. The van der Waals surface area contributed by atoms with Crippen LogP contribution in [0.15, 0.2) is 0 Å². The normalized spacial score (nSPS) is 22.8. The van der Waals surface area contributed by atoms with Gasteiger partial charge in [0.15, 0.2) is 0 Å². The van der Waals surface area contributed by atoms with Crippen LogP contribution in [0.3, 0.4) is 0 Å². The van der Waals surface area contributed by atoms with Crippen molar-refractivity contribution in [3.05, 3.63) is 0 Å². The molecule has 0 bridgehead atoms. The highest BCUT2D eigenvalue weighted by Crippen LogP contribution is 2.32. The summed E-state index contributed by atoms with van der Waals surface area (Å²) in [6.45, 7) is 5.82. The van der Waals surface area contributed by atoms with Crippen molar-refractivity contribution in [1.82, 2.24) is 10.6 Å². The molecule has 0 radical (unpaired) electrons. The second kappa shape index (κ2) is 6.50. The summed E-state index contributed by atoms with van der Waals surface area (Å²) in [5.41, 5.74) is -0.214. The third-order valence-electron chi connectivity index (χ3n) is 3.58. The Morgan fingerprint density at radius 1 is 1.47 bits per heavy atom. The summed E-state index contributed by atoms with van der Waals surface area (Å²) in [4.78, 5) is 12.3. The number of nitrogens with one attached hydrogen (secondary N) is 2. The van der Waals surface area contributed by atoms with Gasteiger partial charge in [0.05, 0.1) is 5.41 Å². The molecule has 1 fully saturated rings. The van der Waals surface area contributed by atoms with E-state index in [0.717, 1.165) is 32.4 Å². The first-order chi connectivity index (χ1) is 8.00. The number of hydrogen-bond acceptors (Lipinski definition) is 3. The highest BCUT2D eigenvalue weighted by atomic mass is 32.2. The fraction of sp³-hybridized carbons (Fsp3) is 0.917. The zero-order valence-electron chi connectivity index (χ0n) is 11.0. The molecule has 17 heavy (non-hydrogen) atoms. The van der Waals surface area contributed by atoms with Crippen LogP contribution in [-0.2, 0) is 15.6 Å². The molecule has 0 aromatic heterocycles. The topological polar surface area (TPSA) is 58.2 Å². The molecule has 0 aromatic carbocycles. The lowest BCUT2D eigenvalue weighted by Crippen LogP contribution is -2.50. The second-order valence-electron chi connectivity index (χ2n) is 5.00.